The monoisotopic (exact) mass is 394 g/mol. The molecule has 0 spiro atoms. The molecule has 1 unspecified atom stereocenters. The minimum Gasteiger partial charge on any atom is -0.385 e. The van der Waals surface area contributed by atoms with Gasteiger partial charge in [-0.15, -0.1) is 11.3 Å². The van der Waals surface area contributed by atoms with Crippen LogP contribution in [0.1, 0.15) is 36.6 Å². The Morgan fingerprint density at radius 3 is 2.78 bits per heavy atom. The molecule has 152 valence electrons. The van der Waals surface area contributed by atoms with Crippen LogP contribution in [0.15, 0.2) is 22.5 Å². The molecule has 1 saturated carbocycles. The summed E-state index contributed by atoms with van der Waals surface area (Å²) in [6.45, 7) is 6.26. The predicted octanol–water partition coefficient (Wildman–Crippen LogP) is 2.49. The minimum absolute atomic E-state index is 0.360. The van der Waals surface area contributed by atoms with E-state index >= 15 is 0 Å². The van der Waals surface area contributed by atoms with Crippen molar-refractivity contribution in [1.82, 2.24) is 15.5 Å². The normalized spacial score (nSPS) is 21.5. The standard InChI is InChI=1S/C20H34N4O2S/c1-21-19(23-16-20(6-4-7-20)8-11-25-2)22-15-17(18-5-3-14-27-18)24-9-12-26-13-10-24/h3,5,14,17H,4,6-13,15-16H2,1-2H3,(H2,21,22,23). The van der Waals surface area contributed by atoms with Crippen molar-refractivity contribution in [3.63, 3.8) is 0 Å². The van der Waals surface area contributed by atoms with Gasteiger partial charge in [-0.1, -0.05) is 12.5 Å². The van der Waals surface area contributed by atoms with Crippen molar-refractivity contribution in [2.45, 2.75) is 31.7 Å². The smallest absolute Gasteiger partial charge is 0.191 e. The van der Waals surface area contributed by atoms with Crippen molar-refractivity contribution in [2.75, 3.05) is 60.2 Å². The largest absolute Gasteiger partial charge is 0.385 e. The number of ether oxygens (including phenoxy) is 2. The lowest BCUT2D eigenvalue weighted by Crippen LogP contribution is -2.49. The van der Waals surface area contributed by atoms with E-state index in [-0.39, 0.29) is 0 Å². The van der Waals surface area contributed by atoms with E-state index in [1.54, 1.807) is 7.11 Å². The maximum Gasteiger partial charge on any atom is 0.191 e. The summed E-state index contributed by atoms with van der Waals surface area (Å²) in [6, 6.07) is 4.73. The molecule has 1 atom stereocenters. The number of nitrogens with one attached hydrogen (secondary N) is 2. The third-order valence-electron chi connectivity index (χ3n) is 5.93. The van der Waals surface area contributed by atoms with Gasteiger partial charge >= 0.3 is 0 Å². The van der Waals surface area contributed by atoms with Crippen molar-refractivity contribution >= 4 is 17.3 Å². The zero-order valence-corrected chi connectivity index (χ0v) is 17.5. The Morgan fingerprint density at radius 2 is 2.19 bits per heavy atom. The van der Waals surface area contributed by atoms with Crippen LogP contribution in [0, 0.1) is 5.41 Å². The van der Waals surface area contributed by atoms with Crippen LogP contribution in [0.5, 0.6) is 0 Å². The van der Waals surface area contributed by atoms with Crippen molar-refractivity contribution in [2.24, 2.45) is 10.4 Å². The van der Waals surface area contributed by atoms with E-state index in [9.17, 15) is 0 Å². The van der Waals surface area contributed by atoms with Crippen molar-refractivity contribution in [3.05, 3.63) is 22.4 Å². The quantitative estimate of drug-likeness (QED) is 0.498. The second kappa shape index (κ2) is 10.4. The molecule has 1 aromatic rings. The van der Waals surface area contributed by atoms with Gasteiger partial charge < -0.3 is 20.1 Å². The molecule has 0 radical (unpaired) electrons. The molecular weight excluding hydrogens is 360 g/mol. The molecule has 1 aromatic heterocycles. The van der Waals surface area contributed by atoms with Gasteiger partial charge in [0.25, 0.3) is 0 Å². The molecule has 2 heterocycles. The van der Waals surface area contributed by atoms with Gasteiger partial charge in [-0.2, -0.15) is 0 Å². The van der Waals surface area contributed by atoms with Crippen LogP contribution in [0.3, 0.4) is 0 Å². The fraction of sp³-hybridized carbons (Fsp3) is 0.750. The Hall–Kier alpha value is -1.15. The average molecular weight is 395 g/mol. The Balaban J connectivity index is 1.53. The van der Waals surface area contributed by atoms with Crippen LogP contribution in [0.2, 0.25) is 0 Å². The number of hydrogen-bond acceptors (Lipinski definition) is 5. The molecule has 2 aliphatic rings. The van der Waals surface area contributed by atoms with E-state index in [2.05, 4.69) is 38.0 Å². The first-order valence-electron chi connectivity index (χ1n) is 10.0. The van der Waals surface area contributed by atoms with Crippen molar-refractivity contribution in [1.29, 1.82) is 0 Å². The summed E-state index contributed by atoms with van der Waals surface area (Å²) in [4.78, 5) is 8.37. The number of nitrogens with zero attached hydrogens (tertiary/aromatic N) is 2. The Kier molecular flexibility index (Phi) is 7.93. The molecule has 27 heavy (non-hydrogen) atoms. The summed E-state index contributed by atoms with van der Waals surface area (Å²) in [6.07, 6.45) is 5.02. The molecule has 1 aliphatic heterocycles. The highest BCUT2D eigenvalue weighted by Crippen LogP contribution is 2.43. The van der Waals surface area contributed by atoms with Gasteiger partial charge in [0, 0.05) is 51.8 Å². The second-order valence-corrected chi connectivity index (χ2v) is 8.56. The molecule has 0 amide bonds. The summed E-state index contributed by atoms with van der Waals surface area (Å²) in [7, 11) is 3.64. The van der Waals surface area contributed by atoms with E-state index in [1.807, 2.05) is 18.4 Å². The number of methoxy groups -OCH3 is 1. The van der Waals surface area contributed by atoms with Gasteiger partial charge in [0.15, 0.2) is 5.96 Å². The maximum atomic E-state index is 5.54. The Bertz CT molecular complexity index is 569. The molecule has 3 rings (SSSR count). The lowest BCUT2D eigenvalue weighted by atomic mass is 9.67. The number of rotatable bonds is 9. The van der Waals surface area contributed by atoms with Crippen LogP contribution in [0.4, 0.5) is 0 Å². The molecule has 1 aliphatic carbocycles. The summed E-state index contributed by atoms with van der Waals surface area (Å²) in [5.41, 5.74) is 0.380. The zero-order valence-electron chi connectivity index (χ0n) is 16.7. The topological polar surface area (TPSA) is 58.1 Å². The number of guanidine groups is 1. The highest BCUT2D eigenvalue weighted by molar-refractivity contribution is 7.10. The molecule has 2 N–H and O–H groups in total. The third kappa shape index (κ3) is 5.67. The molecule has 0 bridgehead atoms. The minimum atomic E-state index is 0.360. The summed E-state index contributed by atoms with van der Waals surface area (Å²) in [5, 5.41) is 9.29. The highest BCUT2D eigenvalue weighted by Gasteiger charge is 2.36. The fourth-order valence-electron chi connectivity index (χ4n) is 3.98. The molecule has 6 nitrogen and oxygen atoms in total. The highest BCUT2D eigenvalue weighted by atomic mass is 32.1. The van der Waals surface area contributed by atoms with E-state index in [0.29, 0.717) is 11.5 Å². The first-order valence-corrected chi connectivity index (χ1v) is 10.9. The Labute approximate surface area is 167 Å². The molecule has 7 heteroatoms. The molecular formula is C20H34N4O2S. The van der Waals surface area contributed by atoms with Gasteiger partial charge in [-0.25, -0.2) is 0 Å². The van der Waals surface area contributed by atoms with Gasteiger partial charge in [-0.05, 0) is 36.1 Å². The number of morpholine rings is 1. The van der Waals surface area contributed by atoms with Gasteiger partial charge in [0.1, 0.15) is 0 Å². The lowest BCUT2D eigenvalue weighted by molar-refractivity contribution is 0.0176. The third-order valence-corrected chi connectivity index (χ3v) is 6.90. The fourth-order valence-corrected chi connectivity index (χ4v) is 4.84. The average Bonchev–Trinajstić information content (AvgIpc) is 3.20. The molecule has 2 fully saturated rings. The van der Waals surface area contributed by atoms with Gasteiger partial charge in [0.2, 0.25) is 0 Å². The van der Waals surface area contributed by atoms with E-state index in [1.165, 1.54) is 24.1 Å². The molecule has 1 saturated heterocycles. The van der Waals surface area contributed by atoms with E-state index in [0.717, 1.165) is 58.4 Å². The lowest BCUT2D eigenvalue weighted by Gasteiger charge is -2.42. The van der Waals surface area contributed by atoms with Crippen LogP contribution >= 0.6 is 11.3 Å². The van der Waals surface area contributed by atoms with E-state index in [4.69, 9.17) is 9.47 Å². The first-order chi connectivity index (χ1) is 13.3. The zero-order chi connectivity index (χ0) is 19.0. The number of aliphatic imine (C=N–C) groups is 1. The summed E-state index contributed by atoms with van der Waals surface area (Å²) < 4.78 is 10.8. The van der Waals surface area contributed by atoms with Crippen LogP contribution in [-0.2, 0) is 9.47 Å². The molecule has 0 aromatic carbocycles. The van der Waals surface area contributed by atoms with Crippen LogP contribution < -0.4 is 10.6 Å². The number of thiophene rings is 1. The van der Waals surface area contributed by atoms with Crippen molar-refractivity contribution in [3.8, 4) is 0 Å². The Morgan fingerprint density at radius 1 is 1.37 bits per heavy atom. The van der Waals surface area contributed by atoms with Crippen LogP contribution in [-0.4, -0.2) is 71.0 Å². The van der Waals surface area contributed by atoms with Gasteiger partial charge in [-0.3, -0.25) is 9.89 Å². The van der Waals surface area contributed by atoms with Crippen molar-refractivity contribution < 1.29 is 9.47 Å². The maximum absolute atomic E-state index is 5.54. The van der Waals surface area contributed by atoms with E-state index < -0.39 is 0 Å². The predicted molar refractivity (Wildman–Crippen MR) is 112 cm³/mol. The SMILES string of the molecule is CN=C(NCC(c1cccs1)N1CCOCC1)NCC1(CCOC)CCC1. The first kappa shape index (κ1) is 20.6. The van der Waals surface area contributed by atoms with Gasteiger partial charge in [0.05, 0.1) is 19.3 Å². The van der Waals surface area contributed by atoms with Crippen LogP contribution in [0.25, 0.3) is 0 Å². The number of hydrogen-bond donors (Lipinski definition) is 2. The summed E-state index contributed by atoms with van der Waals surface area (Å²) >= 11 is 1.83. The second-order valence-electron chi connectivity index (χ2n) is 7.58. The summed E-state index contributed by atoms with van der Waals surface area (Å²) in [5.74, 6) is 0.897.